The lowest BCUT2D eigenvalue weighted by molar-refractivity contribution is 0.500. The largest absolute Gasteiger partial charge is 0.304 e. The summed E-state index contributed by atoms with van der Waals surface area (Å²) in [6, 6.07) is 4.37. The molecule has 0 bridgehead atoms. The number of aromatic nitrogens is 4. The van der Waals surface area contributed by atoms with E-state index in [2.05, 4.69) is 46.2 Å². The zero-order valence-electron chi connectivity index (χ0n) is 12.2. The van der Waals surface area contributed by atoms with Crippen molar-refractivity contribution in [2.24, 2.45) is 7.05 Å². The summed E-state index contributed by atoms with van der Waals surface area (Å²) in [5.74, 6) is 0. The molecular weight excluding hydrogens is 238 g/mol. The van der Waals surface area contributed by atoms with Gasteiger partial charge in [0, 0.05) is 19.8 Å². The molecule has 1 unspecified atom stereocenters. The van der Waals surface area contributed by atoms with Gasteiger partial charge in [-0.3, -0.25) is 9.36 Å². The molecule has 0 aromatic carbocycles. The number of aryl methyl sites for hydroxylation is 3. The Balaban J connectivity index is 2.39. The molecule has 1 N–H and O–H groups in total. The molecule has 104 valence electrons. The highest BCUT2D eigenvalue weighted by Gasteiger charge is 2.20. The first kappa shape index (κ1) is 13.8. The quantitative estimate of drug-likeness (QED) is 0.865. The predicted molar refractivity (Wildman–Crippen MR) is 76.0 cm³/mol. The maximum absolute atomic E-state index is 4.45. The Bertz CT molecular complexity index is 526. The van der Waals surface area contributed by atoms with Crippen molar-refractivity contribution in [3.8, 4) is 0 Å². The summed E-state index contributed by atoms with van der Waals surface area (Å²) in [7, 11) is 1.99. The van der Waals surface area contributed by atoms with Crippen LogP contribution in [-0.4, -0.2) is 26.1 Å². The summed E-state index contributed by atoms with van der Waals surface area (Å²) in [4.78, 5) is 0. The van der Waals surface area contributed by atoms with Crippen molar-refractivity contribution in [3.63, 3.8) is 0 Å². The third-order valence-electron chi connectivity index (χ3n) is 3.22. The van der Waals surface area contributed by atoms with E-state index in [-0.39, 0.29) is 6.04 Å². The van der Waals surface area contributed by atoms with E-state index in [1.54, 1.807) is 0 Å². The van der Waals surface area contributed by atoms with Gasteiger partial charge in [-0.25, -0.2) is 0 Å². The molecule has 0 aliphatic carbocycles. The van der Waals surface area contributed by atoms with Crippen LogP contribution in [0.5, 0.6) is 0 Å². The van der Waals surface area contributed by atoms with Gasteiger partial charge in [-0.1, -0.05) is 13.8 Å². The van der Waals surface area contributed by atoms with Crippen molar-refractivity contribution >= 4 is 0 Å². The topological polar surface area (TPSA) is 47.7 Å². The van der Waals surface area contributed by atoms with Crippen LogP contribution in [0.4, 0.5) is 0 Å². The molecule has 0 amide bonds. The monoisotopic (exact) mass is 261 g/mol. The molecule has 5 nitrogen and oxygen atoms in total. The smallest absolute Gasteiger partial charge is 0.0918 e. The van der Waals surface area contributed by atoms with Gasteiger partial charge < -0.3 is 5.32 Å². The first-order chi connectivity index (χ1) is 9.17. The number of nitrogens with one attached hydrogen (secondary N) is 1. The zero-order chi connectivity index (χ0) is 13.8. The molecule has 0 saturated heterocycles. The molecule has 0 radical (unpaired) electrons. The first-order valence-corrected chi connectivity index (χ1v) is 6.93. The van der Waals surface area contributed by atoms with Gasteiger partial charge in [-0.05, 0) is 32.0 Å². The van der Waals surface area contributed by atoms with E-state index in [9.17, 15) is 0 Å². The number of hydrogen-bond acceptors (Lipinski definition) is 3. The van der Waals surface area contributed by atoms with Crippen LogP contribution >= 0.6 is 0 Å². The minimum atomic E-state index is 0.144. The summed E-state index contributed by atoms with van der Waals surface area (Å²) < 4.78 is 4.03. The molecule has 2 rings (SSSR count). The lowest BCUT2D eigenvalue weighted by Gasteiger charge is -2.19. The molecule has 0 spiro atoms. The molecule has 2 aromatic rings. The summed E-state index contributed by atoms with van der Waals surface area (Å²) in [5.41, 5.74) is 3.42. The summed E-state index contributed by atoms with van der Waals surface area (Å²) in [6.45, 7) is 8.17. The van der Waals surface area contributed by atoms with Gasteiger partial charge in [-0.15, -0.1) is 0 Å². The Morgan fingerprint density at radius 3 is 2.68 bits per heavy atom. The van der Waals surface area contributed by atoms with E-state index >= 15 is 0 Å². The van der Waals surface area contributed by atoms with Gasteiger partial charge in [-0.2, -0.15) is 10.2 Å². The fourth-order valence-corrected chi connectivity index (χ4v) is 2.45. The van der Waals surface area contributed by atoms with Gasteiger partial charge in [0.1, 0.15) is 0 Å². The van der Waals surface area contributed by atoms with Crippen molar-refractivity contribution in [1.82, 2.24) is 24.9 Å². The summed E-state index contributed by atoms with van der Waals surface area (Å²) >= 11 is 0. The molecule has 2 heterocycles. The number of rotatable bonds is 6. The maximum Gasteiger partial charge on any atom is 0.0918 e. The minimum absolute atomic E-state index is 0.144. The normalized spacial score (nSPS) is 12.8. The SMILES string of the molecule is CCCn1nccc1C(NCC)c1cc(C)nn1C. The second-order valence-electron chi connectivity index (χ2n) is 4.80. The second kappa shape index (κ2) is 6.02. The van der Waals surface area contributed by atoms with Crippen molar-refractivity contribution in [2.75, 3.05) is 6.54 Å². The second-order valence-corrected chi connectivity index (χ2v) is 4.80. The van der Waals surface area contributed by atoms with Crippen LogP contribution in [0, 0.1) is 6.92 Å². The molecule has 19 heavy (non-hydrogen) atoms. The maximum atomic E-state index is 4.45. The fraction of sp³-hybridized carbons (Fsp3) is 0.571. The number of nitrogens with zero attached hydrogens (tertiary/aromatic N) is 4. The van der Waals surface area contributed by atoms with Gasteiger partial charge in [0.2, 0.25) is 0 Å². The van der Waals surface area contributed by atoms with Crippen LogP contribution in [0.3, 0.4) is 0 Å². The Morgan fingerprint density at radius 1 is 1.32 bits per heavy atom. The van der Waals surface area contributed by atoms with Crippen molar-refractivity contribution in [3.05, 3.63) is 35.4 Å². The minimum Gasteiger partial charge on any atom is -0.304 e. The van der Waals surface area contributed by atoms with Crippen LogP contribution in [-0.2, 0) is 13.6 Å². The molecular formula is C14H23N5. The Labute approximate surface area is 114 Å². The van der Waals surface area contributed by atoms with Gasteiger partial charge in [0.25, 0.3) is 0 Å². The fourth-order valence-electron chi connectivity index (χ4n) is 2.45. The van der Waals surface area contributed by atoms with E-state index in [0.717, 1.165) is 25.2 Å². The average molecular weight is 261 g/mol. The molecule has 5 heteroatoms. The Morgan fingerprint density at radius 2 is 2.11 bits per heavy atom. The van der Waals surface area contributed by atoms with Gasteiger partial charge in [0.15, 0.2) is 0 Å². The van der Waals surface area contributed by atoms with Crippen LogP contribution in [0.2, 0.25) is 0 Å². The predicted octanol–water partition coefficient (Wildman–Crippen LogP) is 2.03. The van der Waals surface area contributed by atoms with Gasteiger partial charge in [0.05, 0.1) is 23.1 Å². The van der Waals surface area contributed by atoms with Crippen molar-refractivity contribution < 1.29 is 0 Å². The Hall–Kier alpha value is -1.62. The third-order valence-corrected chi connectivity index (χ3v) is 3.22. The average Bonchev–Trinajstić information content (AvgIpc) is 2.94. The van der Waals surface area contributed by atoms with E-state index < -0.39 is 0 Å². The molecule has 0 fully saturated rings. The third kappa shape index (κ3) is 2.87. The molecule has 1 atom stereocenters. The van der Waals surface area contributed by atoms with Crippen LogP contribution in [0.15, 0.2) is 18.3 Å². The highest BCUT2D eigenvalue weighted by molar-refractivity contribution is 5.23. The van der Waals surface area contributed by atoms with Crippen LogP contribution < -0.4 is 5.32 Å². The van der Waals surface area contributed by atoms with E-state index in [1.165, 1.54) is 11.4 Å². The molecule has 2 aromatic heterocycles. The molecule has 0 aliphatic heterocycles. The lowest BCUT2D eigenvalue weighted by atomic mass is 10.1. The van der Waals surface area contributed by atoms with Crippen molar-refractivity contribution in [1.29, 1.82) is 0 Å². The van der Waals surface area contributed by atoms with E-state index in [0.29, 0.717) is 0 Å². The van der Waals surface area contributed by atoms with E-state index in [1.807, 2.05) is 24.9 Å². The van der Waals surface area contributed by atoms with Crippen molar-refractivity contribution in [2.45, 2.75) is 39.8 Å². The van der Waals surface area contributed by atoms with Gasteiger partial charge >= 0.3 is 0 Å². The number of hydrogen-bond donors (Lipinski definition) is 1. The van der Waals surface area contributed by atoms with Crippen LogP contribution in [0.25, 0.3) is 0 Å². The van der Waals surface area contributed by atoms with E-state index in [4.69, 9.17) is 0 Å². The summed E-state index contributed by atoms with van der Waals surface area (Å²) in [6.07, 6.45) is 2.95. The highest BCUT2D eigenvalue weighted by Crippen LogP contribution is 2.22. The molecule has 0 saturated carbocycles. The zero-order valence-corrected chi connectivity index (χ0v) is 12.2. The summed E-state index contributed by atoms with van der Waals surface area (Å²) in [5, 5.41) is 12.4. The lowest BCUT2D eigenvalue weighted by Crippen LogP contribution is -2.26. The highest BCUT2D eigenvalue weighted by atomic mass is 15.3. The Kier molecular flexibility index (Phi) is 4.37. The first-order valence-electron chi connectivity index (χ1n) is 6.93. The van der Waals surface area contributed by atoms with Crippen LogP contribution in [0.1, 0.15) is 43.4 Å². The molecule has 0 aliphatic rings. The standard InChI is InChI=1S/C14H23N5/c1-5-9-19-12(7-8-16-19)14(15-6-2)13-10-11(3)17-18(13)4/h7-8,10,14-15H,5-6,9H2,1-4H3.